The standard InChI is InChI=1S/C13H19F2NO4/c1-3-16(4-2)12(19)20-9-7-5-6-8-10(17)13(14,15)11(9)18/h6,8-10,17H,3-5,7H2,1-2H3/b8-6-/t9-,10-/m1/s1. The number of hydrogen-bond donors (Lipinski definition) is 1. The Morgan fingerprint density at radius 1 is 1.50 bits per heavy atom. The Morgan fingerprint density at radius 2 is 2.10 bits per heavy atom. The molecule has 0 fully saturated rings. The second kappa shape index (κ2) is 6.78. The third kappa shape index (κ3) is 3.53. The molecule has 0 saturated carbocycles. The van der Waals surface area contributed by atoms with Crippen molar-refractivity contribution in [2.24, 2.45) is 0 Å². The normalized spacial score (nSPS) is 27.4. The van der Waals surface area contributed by atoms with Crippen molar-refractivity contribution in [1.29, 1.82) is 0 Å². The number of hydrogen-bond acceptors (Lipinski definition) is 4. The van der Waals surface area contributed by atoms with Crippen LogP contribution >= 0.6 is 0 Å². The van der Waals surface area contributed by atoms with Crippen molar-refractivity contribution in [3.8, 4) is 0 Å². The zero-order valence-electron chi connectivity index (χ0n) is 11.5. The predicted octanol–water partition coefficient (Wildman–Crippen LogP) is 1.75. The van der Waals surface area contributed by atoms with Crippen molar-refractivity contribution in [1.82, 2.24) is 4.90 Å². The lowest BCUT2D eigenvalue weighted by Gasteiger charge is -2.27. The lowest BCUT2D eigenvalue weighted by atomic mass is 9.96. The second-order valence-electron chi connectivity index (χ2n) is 4.48. The van der Waals surface area contributed by atoms with Crippen LogP contribution in [0.25, 0.3) is 0 Å². The summed E-state index contributed by atoms with van der Waals surface area (Å²) in [5.74, 6) is -5.51. The molecular weight excluding hydrogens is 272 g/mol. The average Bonchev–Trinajstić information content (AvgIpc) is 2.41. The fourth-order valence-corrected chi connectivity index (χ4v) is 1.88. The summed E-state index contributed by atoms with van der Waals surface area (Å²) in [6.07, 6.45) is -2.05. The minimum absolute atomic E-state index is 0.0232. The van der Waals surface area contributed by atoms with E-state index >= 15 is 0 Å². The van der Waals surface area contributed by atoms with E-state index in [9.17, 15) is 23.5 Å². The summed E-state index contributed by atoms with van der Waals surface area (Å²) in [5.41, 5.74) is 0. The van der Waals surface area contributed by atoms with E-state index in [1.165, 1.54) is 11.0 Å². The number of ketones is 1. The van der Waals surface area contributed by atoms with Crippen LogP contribution in [-0.4, -0.2) is 53.1 Å². The summed E-state index contributed by atoms with van der Waals surface area (Å²) in [4.78, 5) is 24.7. The van der Waals surface area contributed by atoms with Crippen molar-refractivity contribution in [2.75, 3.05) is 13.1 Å². The molecule has 0 bridgehead atoms. The van der Waals surface area contributed by atoms with Crippen molar-refractivity contribution < 1.29 is 28.2 Å². The van der Waals surface area contributed by atoms with Gasteiger partial charge in [0.15, 0.2) is 6.10 Å². The van der Waals surface area contributed by atoms with Crippen molar-refractivity contribution >= 4 is 11.9 Å². The number of alkyl halides is 2. The molecule has 7 heteroatoms. The van der Waals surface area contributed by atoms with Gasteiger partial charge in [0.1, 0.15) is 6.10 Å². The van der Waals surface area contributed by atoms with Crippen LogP contribution in [0.1, 0.15) is 26.7 Å². The maximum absolute atomic E-state index is 13.6. The van der Waals surface area contributed by atoms with Gasteiger partial charge < -0.3 is 14.7 Å². The van der Waals surface area contributed by atoms with E-state index in [2.05, 4.69) is 0 Å². The molecule has 1 amide bonds. The number of amides is 1. The molecule has 1 aliphatic carbocycles. The molecule has 1 N–H and O–H groups in total. The van der Waals surface area contributed by atoms with Gasteiger partial charge in [-0.05, 0) is 26.7 Å². The smallest absolute Gasteiger partial charge is 0.410 e. The lowest BCUT2D eigenvalue weighted by Crippen LogP contribution is -2.49. The third-order valence-electron chi connectivity index (χ3n) is 3.17. The molecule has 0 aliphatic heterocycles. The largest absolute Gasteiger partial charge is 0.438 e. The number of aliphatic hydroxyl groups excluding tert-OH is 1. The van der Waals surface area contributed by atoms with Crippen LogP contribution in [0.15, 0.2) is 12.2 Å². The van der Waals surface area contributed by atoms with Gasteiger partial charge in [-0.2, -0.15) is 8.78 Å². The Bertz CT molecular complexity index is 394. The van der Waals surface area contributed by atoms with Crippen LogP contribution in [-0.2, 0) is 9.53 Å². The first-order valence-corrected chi connectivity index (χ1v) is 6.57. The van der Waals surface area contributed by atoms with Crippen LogP contribution in [0.2, 0.25) is 0 Å². The topological polar surface area (TPSA) is 66.8 Å². The van der Waals surface area contributed by atoms with Crippen molar-refractivity contribution in [3.05, 3.63) is 12.2 Å². The SMILES string of the molecule is CCN(CC)C(=O)O[C@@H]1CC/C=C\[C@@H](O)C(F)(F)C1=O. The highest BCUT2D eigenvalue weighted by molar-refractivity contribution is 5.92. The molecule has 1 rings (SSSR count). The van der Waals surface area contributed by atoms with Gasteiger partial charge in [-0.3, -0.25) is 4.79 Å². The van der Waals surface area contributed by atoms with Gasteiger partial charge in [0, 0.05) is 13.1 Å². The monoisotopic (exact) mass is 291 g/mol. The summed E-state index contributed by atoms with van der Waals surface area (Å²) >= 11 is 0. The molecule has 5 nitrogen and oxygen atoms in total. The number of ether oxygens (including phenoxy) is 1. The van der Waals surface area contributed by atoms with Gasteiger partial charge in [-0.15, -0.1) is 0 Å². The quantitative estimate of drug-likeness (QED) is 0.804. The van der Waals surface area contributed by atoms with Crippen LogP contribution in [0.3, 0.4) is 0 Å². The second-order valence-corrected chi connectivity index (χ2v) is 4.48. The Kier molecular flexibility index (Phi) is 5.62. The van der Waals surface area contributed by atoms with Crippen LogP contribution < -0.4 is 0 Å². The van der Waals surface area contributed by atoms with Crippen molar-refractivity contribution in [3.63, 3.8) is 0 Å². The Labute approximate surface area is 116 Å². The van der Waals surface area contributed by atoms with Gasteiger partial charge in [0.05, 0.1) is 0 Å². The molecule has 114 valence electrons. The number of rotatable bonds is 3. The first kappa shape index (κ1) is 16.6. The Hall–Kier alpha value is -1.50. The maximum Gasteiger partial charge on any atom is 0.410 e. The number of halogens is 2. The number of nitrogens with zero attached hydrogens (tertiary/aromatic N) is 1. The van der Waals surface area contributed by atoms with E-state index in [4.69, 9.17) is 4.74 Å². The average molecular weight is 291 g/mol. The molecule has 0 heterocycles. The zero-order valence-corrected chi connectivity index (χ0v) is 11.5. The molecule has 0 aromatic heterocycles. The van der Waals surface area contributed by atoms with Crippen LogP contribution in [0.4, 0.5) is 13.6 Å². The number of aliphatic hydroxyl groups is 1. The van der Waals surface area contributed by atoms with Crippen LogP contribution in [0.5, 0.6) is 0 Å². The Balaban J connectivity index is 2.86. The highest BCUT2D eigenvalue weighted by atomic mass is 19.3. The van der Waals surface area contributed by atoms with E-state index in [0.717, 1.165) is 6.08 Å². The van der Waals surface area contributed by atoms with Crippen molar-refractivity contribution in [2.45, 2.75) is 44.8 Å². The predicted molar refractivity (Wildman–Crippen MR) is 67.5 cm³/mol. The molecule has 1 aliphatic rings. The molecule has 0 aromatic carbocycles. The maximum atomic E-state index is 13.6. The Morgan fingerprint density at radius 3 is 2.65 bits per heavy atom. The van der Waals surface area contributed by atoms with Gasteiger partial charge in [-0.1, -0.05) is 12.2 Å². The minimum Gasteiger partial charge on any atom is -0.438 e. The van der Waals surface area contributed by atoms with Crippen LogP contribution in [0, 0.1) is 0 Å². The number of carbonyl (C=O) groups excluding carboxylic acids is 2. The fourth-order valence-electron chi connectivity index (χ4n) is 1.88. The highest BCUT2D eigenvalue weighted by Gasteiger charge is 2.50. The molecule has 0 spiro atoms. The lowest BCUT2D eigenvalue weighted by molar-refractivity contribution is -0.165. The van der Waals surface area contributed by atoms with E-state index < -0.39 is 30.0 Å². The molecule has 0 aromatic rings. The van der Waals surface area contributed by atoms with Gasteiger partial charge in [0.2, 0.25) is 5.78 Å². The van der Waals surface area contributed by atoms with E-state index in [1.807, 2.05) is 0 Å². The molecule has 0 saturated heterocycles. The first-order chi connectivity index (χ1) is 9.34. The van der Waals surface area contributed by atoms with Gasteiger partial charge >= 0.3 is 12.0 Å². The summed E-state index contributed by atoms with van der Waals surface area (Å²) in [5, 5.41) is 9.26. The minimum atomic E-state index is -3.95. The molecule has 2 atom stereocenters. The first-order valence-electron chi connectivity index (χ1n) is 6.57. The summed E-state index contributed by atoms with van der Waals surface area (Å²) in [6.45, 7) is 4.14. The van der Waals surface area contributed by atoms with Gasteiger partial charge in [0.25, 0.3) is 0 Å². The molecule has 20 heavy (non-hydrogen) atoms. The number of Topliss-reactive ketones (excluding diaryl/α,β-unsaturated/α-hetero) is 1. The highest BCUT2D eigenvalue weighted by Crippen LogP contribution is 2.27. The van der Waals surface area contributed by atoms with E-state index in [1.54, 1.807) is 13.8 Å². The fraction of sp³-hybridized carbons (Fsp3) is 0.692. The van der Waals surface area contributed by atoms with Gasteiger partial charge in [-0.25, -0.2) is 4.79 Å². The molecule has 0 unspecified atom stereocenters. The molecule has 0 radical (unpaired) electrons. The summed E-state index contributed by atoms with van der Waals surface area (Å²) in [6, 6.07) is 0. The summed E-state index contributed by atoms with van der Waals surface area (Å²) in [7, 11) is 0. The number of carbonyl (C=O) groups is 2. The van der Waals surface area contributed by atoms with E-state index in [0.29, 0.717) is 13.1 Å². The number of allylic oxidation sites excluding steroid dienone is 1. The zero-order chi connectivity index (χ0) is 15.3. The van der Waals surface area contributed by atoms with E-state index in [-0.39, 0.29) is 12.8 Å². The summed E-state index contributed by atoms with van der Waals surface area (Å²) < 4.78 is 32.2. The molecular formula is C13H19F2NO4. The third-order valence-corrected chi connectivity index (χ3v) is 3.17.